The van der Waals surface area contributed by atoms with E-state index in [4.69, 9.17) is 4.74 Å². The molecule has 2 fully saturated rings. The molecule has 2 atom stereocenters. The van der Waals surface area contributed by atoms with Crippen LogP contribution < -0.4 is 10.1 Å². The van der Waals surface area contributed by atoms with E-state index in [1.54, 1.807) is 4.90 Å². The molecule has 3 aliphatic heterocycles. The highest BCUT2D eigenvalue weighted by Crippen LogP contribution is 2.48. The lowest BCUT2D eigenvalue weighted by molar-refractivity contribution is 0.0779. The lowest BCUT2D eigenvalue weighted by Gasteiger charge is -2.30. The SMILES string of the molecule is CC(C)CN(C)C(=O)c1ccc2c(c1)Oc1ccccc1C2=C1CC2CCC(C1)N2. The molecule has 2 aromatic rings. The number of nitrogens with one attached hydrogen (secondary N) is 1. The van der Waals surface area contributed by atoms with Gasteiger partial charge >= 0.3 is 0 Å². The van der Waals surface area contributed by atoms with E-state index in [-0.39, 0.29) is 5.91 Å². The third kappa shape index (κ3) is 3.43. The Morgan fingerprint density at radius 2 is 1.77 bits per heavy atom. The molecule has 2 aromatic carbocycles. The maximum atomic E-state index is 12.9. The highest BCUT2D eigenvalue weighted by atomic mass is 16.5. The number of carbonyl (C=O) groups excluding carboxylic acids is 1. The Morgan fingerprint density at radius 1 is 1.07 bits per heavy atom. The molecule has 0 saturated carbocycles. The van der Waals surface area contributed by atoms with Gasteiger partial charge < -0.3 is 15.0 Å². The molecule has 4 nitrogen and oxygen atoms in total. The van der Waals surface area contributed by atoms with E-state index in [1.807, 2.05) is 31.3 Å². The van der Waals surface area contributed by atoms with Crippen LogP contribution in [-0.4, -0.2) is 36.5 Å². The smallest absolute Gasteiger partial charge is 0.253 e. The van der Waals surface area contributed by atoms with Crippen molar-refractivity contribution in [2.45, 2.75) is 51.6 Å². The normalized spacial score (nSPS) is 21.9. The van der Waals surface area contributed by atoms with Crippen LogP contribution in [0.15, 0.2) is 48.0 Å². The summed E-state index contributed by atoms with van der Waals surface area (Å²) in [5, 5.41) is 3.74. The van der Waals surface area contributed by atoms with Gasteiger partial charge in [-0.1, -0.05) is 37.6 Å². The van der Waals surface area contributed by atoms with Crippen molar-refractivity contribution in [3.05, 3.63) is 64.7 Å². The predicted octanol–water partition coefficient (Wildman–Crippen LogP) is 5.24. The van der Waals surface area contributed by atoms with Gasteiger partial charge in [0, 0.05) is 42.4 Å². The van der Waals surface area contributed by atoms with Crippen molar-refractivity contribution in [2.75, 3.05) is 13.6 Å². The minimum atomic E-state index is 0.0445. The van der Waals surface area contributed by atoms with Crippen LogP contribution in [0.25, 0.3) is 5.57 Å². The summed E-state index contributed by atoms with van der Waals surface area (Å²) in [6, 6.07) is 15.5. The summed E-state index contributed by atoms with van der Waals surface area (Å²) in [6.45, 7) is 4.99. The van der Waals surface area contributed by atoms with E-state index in [2.05, 4.69) is 37.4 Å². The van der Waals surface area contributed by atoms with Crippen LogP contribution in [0.3, 0.4) is 0 Å². The molecule has 0 aromatic heterocycles. The summed E-state index contributed by atoms with van der Waals surface area (Å²) in [5.74, 6) is 2.17. The van der Waals surface area contributed by atoms with E-state index in [0.717, 1.165) is 36.4 Å². The molecule has 30 heavy (non-hydrogen) atoms. The minimum Gasteiger partial charge on any atom is -0.456 e. The summed E-state index contributed by atoms with van der Waals surface area (Å²) in [7, 11) is 1.87. The number of para-hydroxylation sites is 1. The van der Waals surface area contributed by atoms with Gasteiger partial charge in [-0.3, -0.25) is 4.79 Å². The summed E-state index contributed by atoms with van der Waals surface area (Å²) in [5.41, 5.74) is 5.82. The summed E-state index contributed by atoms with van der Waals surface area (Å²) >= 11 is 0. The van der Waals surface area contributed by atoms with Gasteiger partial charge in [-0.05, 0) is 61.4 Å². The van der Waals surface area contributed by atoms with Gasteiger partial charge in [0.1, 0.15) is 11.5 Å². The second-order valence-electron chi connectivity index (χ2n) is 9.41. The standard InChI is InChI=1S/C26H30N2O2/c1-16(2)15-28(3)26(29)17-8-11-22-24(14-17)30-23-7-5-4-6-21(23)25(22)18-12-19-9-10-20(13-18)27-19/h4-8,11,14,16,19-20,27H,9-10,12-13,15H2,1-3H3. The monoisotopic (exact) mass is 402 g/mol. The van der Waals surface area contributed by atoms with Crippen molar-refractivity contribution >= 4 is 11.5 Å². The van der Waals surface area contributed by atoms with Gasteiger partial charge in [-0.2, -0.15) is 0 Å². The summed E-state index contributed by atoms with van der Waals surface area (Å²) in [6.07, 6.45) is 4.72. The molecule has 1 N–H and O–H groups in total. The molecule has 2 bridgehead atoms. The lowest BCUT2D eigenvalue weighted by Crippen LogP contribution is -2.35. The molecular formula is C26H30N2O2. The third-order valence-corrected chi connectivity index (χ3v) is 6.53. The van der Waals surface area contributed by atoms with E-state index in [0.29, 0.717) is 23.6 Å². The number of ether oxygens (including phenoxy) is 1. The van der Waals surface area contributed by atoms with Crippen molar-refractivity contribution in [3.63, 3.8) is 0 Å². The minimum absolute atomic E-state index is 0.0445. The molecule has 2 saturated heterocycles. The number of benzene rings is 2. The van der Waals surface area contributed by atoms with Gasteiger partial charge in [0.15, 0.2) is 0 Å². The Balaban J connectivity index is 1.57. The average molecular weight is 403 g/mol. The maximum absolute atomic E-state index is 12.9. The van der Waals surface area contributed by atoms with Crippen LogP contribution >= 0.6 is 0 Å². The van der Waals surface area contributed by atoms with E-state index in [9.17, 15) is 4.79 Å². The van der Waals surface area contributed by atoms with E-state index in [1.165, 1.54) is 29.6 Å². The summed E-state index contributed by atoms with van der Waals surface area (Å²) < 4.78 is 6.30. The van der Waals surface area contributed by atoms with Crippen LogP contribution in [0.4, 0.5) is 0 Å². The number of nitrogens with zero attached hydrogens (tertiary/aromatic N) is 1. The van der Waals surface area contributed by atoms with Crippen molar-refractivity contribution in [2.24, 2.45) is 5.92 Å². The molecule has 1 amide bonds. The fourth-order valence-corrected chi connectivity index (χ4v) is 5.31. The fraction of sp³-hybridized carbons (Fsp3) is 0.423. The molecule has 2 unspecified atom stereocenters. The number of hydrogen-bond acceptors (Lipinski definition) is 3. The van der Waals surface area contributed by atoms with Crippen molar-refractivity contribution < 1.29 is 9.53 Å². The quantitative estimate of drug-likeness (QED) is 0.652. The fourth-order valence-electron chi connectivity index (χ4n) is 5.31. The van der Waals surface area contributed by atoms with Gasteiger partial charge in [0.25, 0.3) is 5.91 Å². The maximum Gasteiger partial charge on any atom is 0.253 e. The molecule has 3 heterocycles. The highest BCUT2D eigenvalue weighted by Gasteiger charge is 2.34. The van der Waals surface area contributed by atoms with Crippen LogP contribution in [-0.2, 0) is 0 Å². The van der Waals surface area contributed by atoms with Crippen molar-refractivity contribution in [1.82, 2.24) is 10.2 Å². The predicted molar refractivity (Wildman–Crippen MR) is 120 cm³/mol. The molecular weight excluding hydrogens is 372 g/mol. The van der Waals surface area contributed by atoms with Gasteiger partial charge in [0.05, 0.1) is 0 Å². The van der Waals surface area contributed by atoms with Gasteiger partial charge in [0.2, 0.25) is 0 Å². The molecule has 156 valence electrons. The van der Waals surface area contributed by atoms with Gasteiger partial charge in [-0.25, -0.2) is 0 Å². The number of rotatable bonds is 3. The Hall–Kier alpha value is -2.59. The second kappa shape index (κ2) is 7.59. The van der Waals surface area contributed by atoms with Crippen LogP contribution in [0.5, 0.6) is 11.5 Å². The average Bonchev–Trinajstić information content (AvgIpc) is 3.08. The molecule has 0 spiro atoms. The van der Waals surface area contributed by atoms with Crippen LogP contribution in [0.2, 0.25) is 0 Å². The van der Waals surface area contributed by atoms with Crippen molar-refractivity contribution in [3.8, 4) is 11.5 Å². The lowest BCUT2D eigenvalue weighted by atomic mass is 9.84. The molecule has 3 aliphatic rings. The molecule has 4 heteroatoms. The highest BCUT2D eigenvalue weighted by molar-refractivity contribution is 5.97. The molecule has 0 aliphatic carbocycles. The van der Waals surface area contributed by atoms with Crippen LogP contribution in [0.1, 0.15) is 61.0 Å². The number of fused-ring (bicyclic) bond motifs is 4. The zero-order chi connectivity index (χ0) is 20.8. The number of hydrogen-bond donors (Lipinski definition) is 1. The number of amides is 1. The Morgan fingerprint density at radius 3 is 2.50 bits per heavy atom. The molecule has 5 rings (SSSR count). The summed E-state index contributed by atoms with van der Waals surface area (Å²) in [4.78, 5) is 14.7. The number of piperidine rings is 1. The molecule has 0 radical (unpaired) electrons. The first-order valence-electron chi connectivity index (χ1n) is 11.1. The van der Waals surface area contributed by atoms with E-state index < -0.39 is 0 Å². The Labute approximate surface area is 178 Å². The van der Waals surface area contributed by atoms with Gasteiger partial charge in [-0.15, -0.1) is 0 Å². The largest absolute Gasteiger partial charge is 0.456 e. The Bertz CT molecular complexity index is 1010. The van der Waals surface area contributed by atoms with E-state index >= 15 is 0 Å². The first-order valence-corrected chi connectivity index (χ1v) is 11.1. The zero-order valence-electron chi connectivity index (χ0n) is 18.1. The third-order valence-electron chi connectivity index (χ3n) is 6.53. The topological polar surface area (TPSA) is 41.6 Å². The first-order chi connectivity index (χ1) is 14.5. The van der Waals surface area contributed by atoms with Crippen molar-refractivity contribution in [1.29, 1.82) is 0 Å². The second-order valence-corrected chi connectivity index (χ2v) is 9.41. The first kappa shape index (κ1) is 19.4. The Kier molecular flexibility index (Phi) is 4.90. The zero-order valence-corrected chi connectivity index (χ0v) is 18.1. The number of carbonyl (C=O) groups is 1. The van der Waals surface area contributed by atoms with Crippen LogP contribution in [0, 0.1) is 5.92 Å².